The maximum Gasteiger partial charge on any atom is 0.0562 e. The second kappa shape index (κ2) is 15.0. The first-order valence-electron chi connectivity index (χ1n) is 23.0. The summed E-state index contributed by atoms with van der Waals surface area (Å²) in [6.45, 7) is 0. The molecule has 0 spiro atoms. The van der Waals surface area contributed by atoms with Gasteiger partial charge in [-0.2, -0.15) is 0 Å². The van der Waals surface area contributed by atoms with E-state index >= 15 is 0 Å². The lowest BCUT2D eigenvalue weighted by Gasteiger charge is -2.28. The first-order chi connectivity index (χ1) is 33.2. The average Bonchev–Trinajstić information content (AvgIpc) is 3.96. The minimum absolute atomic E-state index is 1.10. The Morgan fingerprint density at radius 2 is 0.940 bits per heavy atom. The molecule has 0 N–H and O–H groups in total. The fourth-order valence-corrected chi connectivity index (χ4v) is 12.2. The molecule has 0 aliphatic carbocycles. The Morgan fingerprint density at radius 1 is 0.328 bits per heavy atom. The number of hydrogen-bond donors (Lipinski definition) is 0. The highest BCUT2D eigenvalue weighted by Crippen LogP contribution is 2.52. The molecule has 12 aromatic carbocycles. The summed E-state index contributed by atoms with van der Waals surface area (Å²) in [4.78, 5) is 2.54. The molecule has 0 bridgehead atoms. The van der Waals surface area contributed by atoms with Crippen LogP contribution in [0.4, 0.5) is 17.1 Å². The van der Waals surface area contributed by atoms with Gasteiger partial charge in [0.15, 0.2) is 0 Å². The molecule has 14 aromatic rings. The van der Waals surface area contributed by atoms with Crippen LogP contribution in [-0.2, 0) is 0 Å². The normalized spacial score (nSPS) is 11.9. The maximum atomic E-state index is 2.54. The summed E-state index contributed by atoms with van der Waals surface area (Å²) in [7, 11) is 0. The lowest BCUT2D eigenvalue weighted by molar-refractivity contribution is 1.20. The van der Waals surface area contributed by atoms with Gasteiger partial charge < -0.3 is 9.47 Å². The average molecular weight is 869 g/mol. The molecular weight excluding hydrogens is 829 g/mol. The summed E-state index contributed by atoms with van der Waals surface area (Å²) >= 11 is 1.90. The fourth-order valence-electron chi connectivity index (χ4n) is 10.9. The number of fused-ring (bicyclic) bond motifs is 11. The summed E-state index contributed by atoms with van der Waals surface area (Å²) in [5, 5.41) is 14.9. The highest BCUT2D eigenvalue weighted by molar-refractivity contribution is 7.26. The van der Waals surface area contributed by atoms with Crippen molar-refractivity contribution in [3.05, 3.63) is 243 Å². The minimum Gasteiger partial charge on any atom is -0.309 e. The molecule has 14 rings (SSSR count). The number of benzene rings is 12. The number of nitrogens with zero attached hydrogens (tertiary/aromatic N) is 2. The van der Waals surface area contributed by atoms with Crippen LogP contribution in [0.1, 0.15) is 0 Å². The number of anilines is 3. The second-order valence-corrected chi connectivity index (χ2v) is 18.6. The van der Waals surface area contributed by atoms with Crippen LogP contribution in [0.3, 0.4) is 0 Å². The zero-order chi connectivity index (χ0) is 44.0. The van der Waals surface area contributed by atoms with Crippen LogP contribution < -0.4 is 4.90 Å². The van der Waals surface area contributed by atoms with Crippen molar-refractivity contribution in [2.75, 3.05) is 4.90 Å². The van der Waals surface area contributed by atoms with Crippen molar-refractivity contribution in [2.45, 2.75) is 0 Å². The predicted molar refractivity (Wildman–Crippen MR) is 289 cm³/mol. The smallest absolute Gasteiger partial charge is 0.0562 e. The van der Waals surface area contributed by atoms with E-state index in [1.165, 1.54) is 113 Å². The van der Waals surface area contributed by atoms with Gasteiger partial charge in [0, 0.05) is 47.6 Å². The van der Waals surface area contributed by atoms with Gasteiger partial charge in [0.2, 0.25) is 0 Å². The van der Waals surface area contributed by atoms with Crippen LogP contribution in [0.25, 0.3) is 113 Å². The molecule has 0 aliphatic heterocycles. The Kier molecular flexibility index (Phi) is 8.49. The van der Waals surface area contributed by atoms with Crippen molar-refractivity contribution in [3.8, 4) is 27.9 Å². The van der Waals surface area contributed by atoms with Gasteiger partial charge in [0.25, 0.3) is 0 Å². The Bertz CT molecular complexity index is 4280. The molecule has 2 nitrogen and oxygen atoms in total. The molecule has 0 aliphatic rings. The summed E-state index contributed by atoms with van der Waals surface area (Å²) < 4.78 is 5.03. The van der Waals surface area contributed by atoms with Crippen molar-refractivity contribution in [2.24, 2.45) is 0 Å². The second-order valence-electron chi connectivity index (χ2n) is 17.6. The van der Waals surface area contributed by atoms with E-state index in [4.69, 9.17) is 0 Å². The number of para-hydroxylation sites is 1. The van der Waals surface area contributed by atoms with Crippen LogP contribution in [0.15, 0.2) is 243 Å². The molecule has 0 atom stereocenters. The highest BCUT2D eigenvalue weighted by atomic mass is 32.1. The third kappa shape index (κ3) is 5.88. The predicted octanol–water partition coefficient (Wildman–Crippen LogP) is 18.6. The molecule has 0 unspecified atom stereocenters. The number of rotatable bonds is 6. The maximum absolute atomic E-state index is 2.54. The van der Waals surface area contributed by atoms with Crippen LogP contribution in [0.5, 0.6) is 0 Å². The van der Waals surface area contributed by atoms with E-state index in [2.05, 4.69) is 252 Å². The van der Waals surface area contributed by atoms with E-state index in [9.17, 15) is 0 Å². The van der Waals surface area contributed by atoms with Gasteiger partial charge in [-0.15, -0.1) is 11.3 Å². The Labute approximate surface area is 391 Å². The summed E-state index contributed by atoms with van der Waals surface area (Å²) in [6.07, 6.45) is 0. The van der Waals surface area contributed by atoms with E-state index in [1.807, 2.05) is 11.3 Å². The molecule has 3 heteroatoms. The third-order valence-electron chi connectivity index (χ3n) is 13.9. The van der Waals surface area contributed by atoms with Crippen LogP contribution >= 0.6 is 11.3 Å². The highest BCUT2D eigenvalue weighted by Gasteiger charge is 2.26. The van der Waals surface area contributed by atoms with Crippen molar-refractivity contribution < 1.29 is 0 Å². The Balaban J connectivity index is 1.06. The molecular formula is C64H40N2S. The molecule has 312 valence electrons. The van der Waals surface area contributed by atoms with E-state index in [-0.39, 0.29) is 0 Å². The van der Waals surface area contributed by atoms with E-state index in [0.717, 1.165) is 17.1 Å². The van der Waals surface area contributed by atoms with E-state index in [1.54, 1.807) is 0 Å². The zero-order valence-electron chi connectivity index (χ0n) is 36.4. The quantitative estimate of drug-likeness (QED) is 0.151. The van der Waals surface area contributed by atoms with Gasteiger partial charge in [-0.25, -0.2) is 0 Å². The Morgan fingerprint density at radius 3 is 1.79 bits per heavy atom. The first kappa shape index (κ1) is 37.8. The monoisotopic (exact) mass is 868 g/mol. The van der Waals surface area contributed by atoms with Crippen LogP contribution in [-0.4, -0.2) is 4.57 Å². The minimum atomic E-state index is 1.10. The lowest BCUT2D eigenvalue weighted by atomic mass is 9.92. The summed E-state index contributed by atoms with van der Waals surface area (Å²) in [6, 6.07) is 89.7. The third-order valence-corrected chi connectivity index (χ3v) is 15.1. The molecule has 67 heavy (non-hydrogen) atoms. The van der Waals surface area contributed by atoms with Gasteiger partial charge >= 0.3 is 0 Å². The Hall–Kier alpha value is -8.50. The molecule has 0 saturated heterocycles. The molecule has 2 aromatic heterocycles. The number of aromatic nitrogens is 1. The molecule has 0 radical (unpaired) electrons. The molecule has 2 heterocycles. The first-order valence-corrected chi connectivity index (χ1v) is 23.8. The van der Waals surface area contributed by atoms with Crippen molar-refractivity contribution >= 4 is 113 Å². The van der Waals surface area contributed by atoms with Gasteiger partial charge in [-0.1, -0.05) is 182 Å². The van der Waals surface area contributed by atoms with Gasteiger partial charge in [0.05, 0.1) is 28.1 Å². The standard InChI is InChI=1S/C64H40N2S/c1-2-17-44-39-45(32-31-41(44)15-1)42-33-35-47(36-34-42)65(58-28-14-29-59-62(58)53-24-9-11-26-57(53)66(59)56-27-13-19-43-16-3-6-21-49(43)56)60-38-37-52(64-63(60)54-25-10-12-30-61(54)67-64)55-40-46-18-4-5-20-48(46)50-22-7-8-23-51(50)55/h1-40H. The van der Waals surface area contributed by atoms with E-state index in [0.29, 0.717) is 0 Å². The largest absolute Gasteiger partial charge is 0.309 e. The van der Waals surface area contributed by atoms with Crippen LogP contribution in [0, 0.1) is 0 Å². The molecule has 0 amide bonds. The topological polar surface area (TPSA) is 8.17 Å². The SMILES string of the molecule is c1ccc2cc(-c3ccc(N(c4ccc(-c5cc6ccccc6c6ccccc56)c5sc6ccccc6c45)c4cccc5c4c4ccccc4n5-c4cccc5ccccc45)cc3)ccc2c1. The summed E-state index contributed by atoms with van der Waals surface area (Å²) in [5.74, 6) is 0. The molecule has 0 saturated carbocycles. The van der Waals surface area contributed by atoms with E-state index < -0.39 is 0 Å². The van der Waals surface area contributed by atoms with Gasteiger partial charge in [-0.05, 0) is 115 Å². The number of hydrogen-bond acceptors (Lipinski definition) is 2. The number of thiophene rings is 1. The van der Waals surface area contributed by atoms with Gasteiger partial charge in [0.1, 0.15) is 0 Å². The van der Waals surface area contributed by atoms with Crippen molar-refractivity contribution in [1.29, 1.82) is 0 Å². The fraction of sp³-hybridized carbons (Fsp3) is 0. The molecule has 0 fully saturated rings. The van der Waals surface area contributed by atoms with Crippen LogP contribution in [0.2, 0.25) is 0 Å². The van der Waals surface area contributed by atoms with Crippen molar-refractivity contribution in [3.63, 3.8) is 0 Å². The summed E-state index contributed by atoms with van der Waals surface area (Å²) in [5.41, 5.74) is 11.8. The van der Waals surface area contributed by atoms with Gasteiger partial charge in [-0.3, -0.25) is 0 Å². The van der Waals surface area contributed by atoms with Crippen molar-refractivity contribution in [1.82, 2.24) is 4.57 Å². The zero-order valence-corrected chi connectivity index (χ0v) is 37.2. The lowest BCUT2D eigenvalue weighted by Crippen LogP contribution is -2.11.